The van der Waals surface area contributed by atoms with Gasteiger partial charge < -0.3 is 19.7 Å². The summed E-state index contributed by atoms with van der Waals surface area (Å²) in [4.78, 5) is 26.1. The quantitative estimate of drug-likeness (QED) is 0.170. The van der Waals surface area contributed by atoms with E-state index in [4.69, 9.17) is 9.47 Å². The van der Waals surface area contributed by atoms with Crippen molar-refractivity contribution in [2.75, 3.05) is 14.2 Å². The van der Waals surface area contributed by atoms with E-state index in [1.165, 1.54) is 20.3 Å². The summed E-state index contributed by atoms with van der Waals surface area (Å²) in [6.07, 6.45) is 1.10. The Morgan fingerprint density at radius 3 is 2.44 bits per heavy atom. The number of H-pyrrole nitrogens is 1. The van der Waals surface area contributed by atoms with Crippen LogP contribution in [0.4, 0.5) is 5.69 Å². The number of nitrogens with zero attached hydrogens (tertiary/aromatic N) is 3. The van der Waals surface area contributed by atoms with Crippen LogP contribution in [0.25, 0.3) is 17.5 Å². The minimum Gasteiger partial charge on any atom is -0.502 e. The van der Waals surface area contributed by atoms with Crippen molar-refractivity contribution in [3.8, 4) is 28.6 Å². The Morgan fingerprint density at radius 1 is 1.22 bits per heavy atom. The predicted molar refractivity (Wildman–Crippen MR) is 119 cm³/mol. The normalized spacial score (nSPS) is 11.3. The fourth-order valence-electron chi connectivity index (χ4n) is 2.59. The summed E-state index contributed by atoms with van der Waals surface area (Å²) in [5.41, 5.74) is -0.0153. The van der Waals surface area contributed by atoms with Gasteiger partial charge in [0, 0.05) is 27.7 Å². The first-order valence-corrected chi connectivity index (χ1v) is 10.3. The molecule has 0 amide bonds. The first kappa shape index (κ1) is 23.1. The lowest BCUT2D eigenvalue weighted by molar-refractivity contribution is -0.385. The maximum absolute atomic E-state index is 11.8. The highest BCUT2D eigenvalue weighted by molar-refractivity contribution is 9.10. The third-order valence-corrected chi connectivity index (χ3v) is 5.40. The molecule has 0 aliphatic rings. The molecule has 0 saturated carbocycles. The van der Waals surface area contributed by atoms with Crippen LogP contribution in [-0.2, 0) is 4.79 Å². The average molecular weight is 523 g/mol. The summed E-state index contributed by atoms with van der Waals surface area (Å²) in [5.74, 6) is -0.580. The predicted octanol–water partition coefficient (Wildman–Crippen LogP) is 4.08. The smallest absolute Gasteiger partial charge is 0.342 e. The van der Waals surface area contributed by atoms with Crippen molar-refractivity contribution in [1.29, 1.82) is 0 Å². The van der Waals surface area contributed by atoms with Crippen molar-refractivity contribution >= 4 is 45.4 Å². The highest BCUT2D eigenvalue weighted by Crippen LogP contribution is 2.37. The number of phenols is 1. The van der Waals surface area contributed by atoms with Crippen LogP contribution in [0.1, 0.15) is 5.56 Å². The largest absolute Gasteiger partial charge is 0.502 e. The van der Waals surface area contributed by atoms with Crippen molar-refractivity contribution in [2.45, 2.75) is 5.16 Å². The maximum atomic E-state index is 11.8. The van der Waals surface area contributed by atoms with Crippen LogP contribution in [0.3, 0.4) is 0 Å². The van der Waals surface area contributed by atoms with Crippen molar-refractivity contribution in [1.82, 2.24) is 15.2 Å². The molecule has 0 spiro atoms. The van der Waals surface area contributed by atoms with E-state index >= 15 is 0 Å². The second kappa shape index (κ2) is 9.70. The molecule has 1 aromatic heterocycles. The highest BCUT2D eigenvalue weighted by atomic mass is 79.9. The molecular weight excluding hydrogens is 508 g/mol. The van der Waals surface area contributed by atoms with Crippen LogP contribution in [-0.4, -0.2) is 50.5 Å². The summed E-state index contributed by atoms with van der Waals surface area (Å²) in [6, 6.07) is 7.56. The van der Waals surface area contributed by atoms with E-state index in [-0.39, 0.29) is 15.6 Å². The van der Waals surface area contributed by atoms with Crippen LogP contribution in [0.5, 0.6) is 17.2 Å². The molecule has 3 aromatic rings. The number of aromatic nitrogens is 3. The summed E-state index contributed by atoms with van der Waals surface area (Å²) in [5, 5.41) is 37.7. The number of hydrogen-bond donors (Lipinski definition) is 3. The molecule has 0 bridgehead atoms. The number of carbonyl (C=O) groups is 1. The fraction of sp³-hybridized carbons (Fsp3) is 0.105. The van der Waals surface area contributed by atoms with Gasteiger partial charge in [-0.15, -0.1) is 5.10 Å². The number of nitro benzene ring substituents is 1. The van der Waals surface area contributed by atoms with Crippen molar-refractivity contribution < 1.29 is 29.4 Å². The van der Waals surface area contributed by atoms with Gasteiger partial charge in [-0.05, 0) is 36.0 Å². The standard InChI is InChI=1S/C19H15BrN4O7S/c1-30-12-4-10(5-13(8-12)31-2)17-21-19(23-22-17)32-15(18(26)27)6-9-3-11(20)7-14(16(9)25)24(28)29/h3-8,25H,1-2H3,(H,26,27)(H,21,22,23)/b15-6-. The average Bonchev–Trinajstić information content (AvgIpc) is 3.23. The number of aromatic amines is 1. The molecule has 0 aliphatic heterocycles. The minimum atomic E-state index is -1.33. The zero-order chi connectivity index (χ0) is 23.4. The van der Waals surface area contributed by atoms with E-state index < -0.39 is 22.3 Å². The summed E-state index contributed by atoms with van der Waals surface area (Å²) >= 11 is 3.82. The molecule has 166 valence electrons. The van der Waals surface area contributed by atoms with Gasteiger partial charge in [-0.3, -0.25) is 15.2 Å². The molecule has 0 aliphatic carbocycles. The Balaban J connectivity index is 1.95. The van der Waals surface area contributed by atoms with Crippen molar-refractivity contribution in [3.63, 3.8) is 0 Å². The summed E-state index contributed by atoms with van der Waals surface area (Å²) < 4.78 is 10.8. The zero-order valence-corrected chi connectivity index (χ0v) is 18.9. The minimum absolute atomic E-state index is 0.0516. The zero-order valence-electron chi connectivity index (χ0n) is 16.5. The van der Waals surface area contributed by atoms with Gasteiger partial charge in [0.15, 0.2) is 5.82 Å². The number of carboxylic acids is 1. The van der Waals surface area contributed by atoms with Gasteiger partial charge in [0.1, 0.15) is 16.4 Å². The van der Waals surface area contributed by atoms with Gasteiger partial charge in [0.2, 0.25) is 10.9 Å². The van der Waals surface area contributed by atoms with Gasteiger partial charge in [0.05, 0.1) is 19.1 Å². The maximum Gasteiger partial charge on any atom is 0.342 e. The number of thioether (sulfide) groups is 1. The molecule has 3 rings (SSSR count). The molecule has 3 N–H and O–H groups in total. The number of aliphatic carboxylic acids is 1. The summed E-state index contributed by atoms with van der Waals surface area (Å²) in [7, 11) is 3.01. The molecule has 0 saturated heterocycles. The Morgan fingerprint density at radius 2 is 1.88 bits per heavy atom. The fourth-order valence-corrected chi connectivity index (χ4v) is 3.76. The van der Waals surface area contributed by atoms with E-state index in [1.54, 1.807) is 18.2 Å². The molecule has 1 heterocycles. The van der Waals surface area contributed by atoms with Gasteiger partial charge in [-0.2, -0.15) is 0 Å². The number of rotatable bonds is 8. The van der Waals surface area contributed by atoms with Gasteiger partial charge >= 0.3 is 11.7 Å². The first-order valence-electron chi connectivity index (χ1n) is 8.67. The van der Waals surface area contributed by atoms with Crippen LogP contribution >= 0.6 is 27.7 Å². The Hall–Kier alpha value is -3.58. The van der Waals surface area contributed by atoms with Gasteiger partial charge in [-0.1, -0.05) is 15.9 Å². The topological polar surface area (TPSA) is 161 Å². The van der Waals surface area contributed by atoms with E-state index in [0.29, 0.717) is 39.1 Å². The number of nitro groups is 1. The highest BCUT2D eigenvalue weighted by Gasteiger charge is 2.21. The molecule has 11 nitrogen and oxygen atoms in total. The monoisotopic (exact) mass is 522 g/mol. The molecule has 13 heteroatoms. The Bertz CT molecular complexity index is 1210. The van der Waals surface area contributed by atoms with E-state index in [0.717, 1.165) is 12.1 Å². The van der Waals surface area contributed by atoms with Gasteiger partial charge in [-0.25, -0.2) is 9.78 Å². The number of nitrogens with one attached hydrogen (secondary N) is 1. The van der Waals surface area contributed by atoms with Crippen LogP contribution in [0.2, 0.25) is 0 Å². The number of halogens is 1. The second-order valence-corrected chi connectivity index (χ2v) is 8.03. The molecule has 0 unspecified atom stereocenters. The number of benzene rings is 2. The molecule has 0 fully saturated rings. The lowest BCUT2D eigenvalue weighted by atomic mass is 10.1. The third kappa shape index (κ3) is 5.18. The van der Waals surface area contributed by atoms with Crippen LogP contribution in [0, 0.1) is 10.1 Å². The molecule has 0 radical (unpaired) electrons. The van der Waals surface area contributed by atoms with Crippen LogP contribution < -0.4 is 9.47 Å². The number of ether oxygens (including phenoxy) is 2. The number of aromatic hydroxyl groups is 1. The first-order chi connectivity index (χ1) is 15.2. The Labute approximate surface area is 193 Å². The van der Waals surface area contributed by atoms with E-state index in [1.807, 2.05) is 0 Å². The SMILES string of the molecule is COc1cc(OC)cc(-c2nc(S/C(=C\c3cc(Br)cc([N+](=O)[O-])c3O)C(=O)O)n[nH]2)c1. The van der Waals surface area contributed by atoms with Gasteiger partial charge in [0.25, 0.3) is 0 Å². The lowest BCUT2D eigenvalue weighted by Crippen LogP contribution is -1.98. The number of carboxylic acid groups (broad SMARTS) is 1. The molecular formula is C19H15BrN4O7S. The van der Waals surface area contributed by atoms with Crippen molar-refractivity contribution in [3.05, 3.63) is 55.4 Å². The lowest BCUT2D eigenvalue weighted by Gasteiger charge is -2.06. The van der Waals surface area contributed by atoms with Crippen molar-refractivity contribution in [2.24, 2.45) is 0 Å². The second-order valence-electron chi connectivity index (χ2n) is 6.10. The number of methoxy groups -OCH3 is 2. The van der Waals surface area contributed by atoms with E-state index in [2.05, 4.69) is 31.1 Å². The molecule has 0 atom stereocenters. The number of phenolic OH excluding ortho intramolecular Hbond substituents is 1. The number of hydrogen-bond acceptors (Lipinski definition) is 9. The third-order valence-electron chi connectivity index (χ3n) is 4.07. The van der Waals surface area contributed by atoms with E-state index in [9.17, 15) is 25.1 Å². The van der Waals surface area contributed by atoms with Crippen LogP contribution in [0.15, 0.2) is 44.9 Å². The summed E-state index contributed by atoms with van der Waals surface area (Å²) in [6.45, 7) is 0. The molecule has 32 heavy (non-hydrogen) atoms. The Kier molecular flexibility index (Phi) is 7.00. The molecule has 2 aromatic carbocycles.